The zero-order valence-corrected chi connectivity index (χ0v) is 13.5. The van der Waals surface area contributed by atoms with Crippen molar-refractivity contribution in [1.29, 1.82) is 0 Å². The van der Waals surface area contributed by atoms with Crippen LogP contribution in [0.4, 0.5) is 0 Å². The normalized spacial score (nSPS) is 27.5. The molecule has 0 spiro atoms. The van der Waals surface area contributed by atoms with Crippen molar-refractivity contribution >= 4 is 0 Å². The topological polar surface area (TPSA) is 18.5 Å². The van der Waals surface area contributed by atoms with E-state index in [1.165, 1.54) is 45.4 Å². The molecule has 1 aromatic rings. The maximum absolute atomic E-state index is 3.83. The summed E-state index contributed by atoms with van der Waals surface area (Å²) in [5.41, 5.74) is 3.10. The monoisotopic (exact) mass is 287 g/mol. The lowest BCUT2D eigenvalue weighted by atomic mass is 9.83. The van der Waals surface area contributed by atoms with Gasteiger partial charge in [-0.15, -0.1) is 0 Å². The Kier molecular flexibility index (Phi) is 4.94. The highest BCUT2D eigenvalue weighted by atomic mass is 15.3. The number of nitrogens with one attached hydrogen (secondary N) is 1. The molecular formula is C18H29N3. The van der Waals surface area contributed by atoms with Crippen molar-refractivity contribution in [3.63, 3.8) is 0 Å². The van der Waals surface area contributed by atoms with E-state index in [4.69, 9.17) is 0 Å². The molecule has 2 unspecified atom stereocenters. The van der Waals surface area contributed by atoms with Crippen molar-refractivity contribution in [3.05, 3.63) is 35.4 Å². The van der Waals surface area contributed by atoms with Gasteiger partial charge in [0, 0.05) is 38.3 Å². The van der Waals surface area contributed by atoms with Crippen molar-refractivity contribution in [1.82, 2.24) is 15.1 Å². The highest BCUT2D eigenvalue weighted by Gasteiger charge is 2.33. The molecule has 3 rings (SSSR count). The zero-order valence-electron chi connectivity index (χ0n) is 13.5. The lowest BCUT2D eigenvalue weighted by Crippen LogP contribution is -2.54. The number of fused-ring (bicyclic) bond motifs is 1. The highest BCUT2D eigenvalue weighted by molar-refractivity contribution is 5.34. The Hall–Kier alpha value is -0.900. The summed E-state index contributed by atoms with van der Waals surface area (Å²) in [7, 11) is 2.24. The number of hydrogen-bond acceptors (Lipinski definition) is 3. The Morgan fingerprint density at radius 3 is 2.67 bits per heavy atom. The second kappa shape index (κ2) is 6.91. The number of benzene rings is 1. The lowest BCUT2D eigenvalue weighted by Gasteiger charge is -2.44. The standard InChI is InChI=1S/C18H29N3/c1-3-10-19-18-16-7-5-4-6-15(16)8-9-17(18)21-13-11-20(2)12-14-21/h4-7,17-19H,3,8-14H2,1-2H3. The van der Waals surface area contributed by atoms with Crippen LogP contribution in [0.15, 0.2) is 24.3 Å². The first kappa shape index (κ1) is 15.0. The van der Waals surface area contributed by atoms with Crippen LogP contribution < -0.4 is 5.32 Å². The molecule has 1 heterocycles. The van der Waals surface area contributed by atoms with Gasteiger partial charge in [-0.05, 0) is 44.0 Å². The van der Waals surface area contributed by atoms with Crippen LogP contribution in [0.1, 0.15) is 36.9 Å². The molecule has 0 radical (unpaired) electrons. The maximum atomic E-state index is 3.83. The van der Waals surface area contributed by atoms with Crippen LogP contribution in [0.2, 0.25) is 0 Å². The van der Waals surface area contributed by atoms with Gasteiger partial charge >= 0.3 is 0 Å². The third-order valence-electron chi connectivity index (χ3n) is 5.11. The molecule has 1 aliphatic carbocycles. The maximum Gasteiger partial charge on any atom is 0.0481 e. The first-order valence-corrected chi connectivity index (χ1v) is 8.53. The summed E-state index contributed by atoms with van der Waals surface area (Å²) < 4.78 is 0. The van der Waals surface area contributed by atoms with Gasteiger partial charge in [0.2, 0.25) is 0 Å². The minimum Gasteiger partial charge on any atom is -0.309 e. The third-order valence-corrected chi connectivity index (χ3v) is 5.11. The Morgan fingerprint density at radius 1 is 1.14 bits per heavy atom. The Morgan fingerprint density at radius 2 is 1.90 bits per heavy atom. The fraction of sp³-hybridized carbons (Fsp3) is 0.667. The van der Waals surface area contributed by atoms with Gasteiger partial charge in [-0.2, -0.15) is 0 Å². The van der Waals surface area contributed by atoms with Gasteiger partial charge in [0.15, 0.2) is 0 Å². The number of piperazine rings is 1. The number of likely N-dealkylation sites (N-methyl/N-ethyl adjacent to an activating group) is 1. The van der Waals surface area contributed by atoms with E-state index in [1.807, 2.05) is 0 Å². The SMILES string of the molecule is CCCNC1c2ccccc2CCC1N1CCN(C)CC1. The summed E-state index contributed by atoms with van der Waals surface area (Å²) in [6, 6.07) is 10.2. The molecule has 2 aliphatic rings. The average molecular weight is 287 g/mol. The Balaban J connectivity index is 1.79. The molecule has 0 bridgehead atoms. The van der Waals surface area contributed by atoms with Crippen LogP contribution >= 0.6 is 0 Å². The Bertz CT molecular complexity index is 452. The zero-order chi connectivity index (χ0) is 14.7. The van der Waals surface area contributed by atoms with Crippen molar-refractivity contribution in [2.75, 3.05) is 39.8 Å². The molecule has 1 saturated heterocycles. The van der Waals surface area contributed by atoms with Crippen LogP contribution in [0.25, 0.3) is 0 Å². The first-order chi connectivity index (χ1) is 10.3. The predicted octanol–water partition coefficient (Wildman–Crippen LogP) is 2.29. The van der Waals surface area contributed by atoms with E-state index in [-0.39, 0.29) is 0 Å². The van der Waals surface area contributed by atoms with E-state index in [1.54, 1.807) is 11.1 Å². The Labute approximate surface area is 129 Å². The first-order valence-electron chi connectivity index (χ1n) is 8.53. The van der Waals surface area contributed by atoms with Gasteiger partial charge < -0.3 is 10.2 Å². The summed E-state index contributed by atoms with van der Waals surface area (Å²) >= 11 is 0. The summed E-state index contributed by atoms with van der Waals surface area (Å²) in [5.74, 6) is 0. The smallest absolute Gasteiger partial charge is 0.0481 e. The number of hydrogen-bond donors (Lipinski definition) is 1. The molecule has 1 aromatic carbocycles. The van der Waals surface area contributed by atoms with Crippen LogP contribution in [0, 0.1) is 0 Å². The lowest BCUT2D eigenvalue weighted by molar-refractivity contribution is 0.0813. The van der Waals surface area contributed by atoms with Gasteiger partial charge in [0.1, 0.15) is 0 Å². The third kappa shape index (κ3) is 3.31. The molecule has 1 N–H and O–H groups in total. The van der Waals surface area contributed by atoms with Gasteiger partial charge in [0.25, 0.3) is 0 Å². The number of nitrogens with zero attached hydrogens (tertiary/aromatic N) is 2. The molecule has 3 nitrogen and oxygen atoms in total. The van der Waals surface area contributed by atoms with Crippen molar-refractivity contribution in [3.8, 4) is 0 Å². The molecule has 1 aliphatic heterocycles. The molecule has 116 valence electrons. The average Bonchev–Trinajstić information content (AvgIpc) is 2.53. The van der Waals surface area contributed by atoms with Gasteiger partial charge in [0.05, 0.1) is 0 Å². The number of rotatable bonds is 4. The molecule has 21 heavy (non-hydrogen) atoms. The van der Waals surface area contributed by atoms with Crippen molar-refractivity contribution in [2.45, 2.75) is 38.3 Å². The van der Waals surface area contributed by atoms with E-state index < -0.39 is 0 Å². The van der Waals surface area contributed by atoms with E-state index in [0.29, 0.717) is 12.1 Å². The molecular weight excluding hydrogens is 258 g/mol. The van der Waals surface area contributed by atoms with E-state index in [0.717, 1.165) is 6.54 Å². The predicted molar refractivity (Wildman–Crippen MR) is 88.7 cm³/mol. The summed E-state index contributed by atoms with van der Waals surface area (Å²) in [4.78, 5) is 5.17. The number of aryl methyl sites for hydroxylation is 1. The van der Waals surface area contributed by atoms with Crippen LogP contribution in [-0.2, 0) is 6.42 Å². The van der Waals surface area contributed by atoms with Gasteiger partial charge in [-0.25, -0.2) is 0 Å². The summed E-state index contributed by atoms with van der Waals surface area (Å²) in [6.07, 6.45) is 3.73. The summed E-state index contributed by atoms with van der Waals surface area (Å²) in [6.45, 7) is 8.22. The highest BCUT2D eigenvalue weighted by Crippen LogP contribution is 2.33. The molecule has 2 atom stereocenters. The van der Waals surface area contributed by atoms with Crippen LogP contribution in [0.5, 0.6) is 0 Å². The van der Waals surface area contributed by atoms with Crippen LogP contribution in [0.3, 0.4) is 0 Å². The van der Waals surface area contributed by atoms with Gasteiger partial charge in [-0.1, -0.05) is 31.2 Å². The minimum atomic E-state index is 0.512. The van der Waals surface area contributed by atoms with Crippen LogP contribution in [-0.4, -0.2) is 55.6 Å². The van der Waals surface area contributed by atoms with E-state index >= 15 is 0 Å². The molecule has 0 amide bonds. The van der Waals surface area contributed by atoms with Crippen molar-refractivity contribution in [2.24, 2.45) is 0 Å². The van der Waals surface area contributed by atoms with Gasteiger partial charge in [-0.3, -0.25) is 4.90 Å². The van der Waals surface area contributed by atoms with Crippen molar-refractivity contribution < 1.29 is 0 Å². The quantitative estimate of drug-likeness (QED) is 0.916. The minimum absolute atomic E-state index is 0.512. The van der Waals surface area contributed by atoms with E-state index in [2.05, 4.69) is 53.4 Å². The molecule has 0 saturated carbocycles. The van der Waals surface area contributed by atoms with E-state index in [9.17, 15) is 0 Å². The largest absolute Gasteiger partial charge is 0.309 e. The molecule has 0 aromatic heterocycles. The fourth-order valence-corrected chi connectivity index (χ4v) is 3.84. The fourth-order valence-electron chi connectivity index (χ4n) is 3.84. The second-order valence-corrected chi connectivity index (χ2v) is 6.58. The second-order valence-electron chi connectivity index (χ2n) is 6.58. The molecule has 3 heteroatoms. The summed E-state index contributed by atoms with van der Waals surface area (Å²) in [5, 5.41) is 3.83. The molecule has 1 fully saturated rings.